The second kappa shape index (κ2) is 8.86. The van der Waals surface area contributed by atoms with Gasteiger partial charge in [-0.2, -0.15) is 0 Å². The Labute approximate surface area is 152 Å². The van der Waals surface area contributed by atoms with Gasteiger partial charge < -0.3 is 10.1 Å². The van der Waals surface area contributed by atoms with Gasteiger partial charge in [0.15, 0.2) is 0 Å². The lowest BCUT2D eigenvalue weighted by Gasteiger charge is -2.31. The summed E-state index contributed by atoms with van der Waals surface area (Å²) in [5.74, 6) is 2.43. The van der Waals surface area contributed by atoms with Gasteiger partial charge in [0.25, 0.3) is 0 Å². The monoisotopic (exact) mass is 359 g/mol. The van der Waals surface area contributed by atoms with Crippen molar-refractivity contribution in [3.63, 3.8) is 0 Å². The van der Waals surface area contributed by atoms with Crippen LogP contribution in [0.2, 0.25) is 18.1 Å². The molecule has 0 aliphatic heterocycles. The lowest BCUT2D eigenvalue weighted by molar-refractivity contribution is -0.144. The van der Waals surface area contributed by atoms with Gasteiger partial charge >= 0.3 is 5.97 Å². The minimum absolute atomic E-state index is 0.150. The Bertz CT molecular complexity index is 651. The zero-order chi connectivity index (χ0) is 19.1. The van der Waals surface area contributed by atoms with E-state index in [0.717, 1.165) is 5.56 Å². The van der Waals surface area contributed by atoms with E-state index >= 15 is 0 Å². The first kappa shape index (κ1) is 21.0. The maximum Gasteiger partial charge on any atom is 0.329 e. The van der Waals surface area contributed by atoms with E-state index in [9.17, 15) is 9.59 Å². The summed E-state index contributed by atoms with van der Waals surface area (Å²) in [5, 5.41) is 2.89. The lowest BCUT2D eigenvalue weighted by atomic mass is 10.1. The second-order valence-corrected chi connectivity index (χ2v) is 12.7. The van der Waals surface area contributed by atoms with Crippen LogP contribution in [0, 0.1) is 11.5 Å². The van der Waals surface area contributed by atoms with Gasteiger partial charge in [0.05, 0.1) is 13.5 Å². The van der Waals surface area contributed by atoms with Crippen LogP contribution >= 0.6 is 0 Å². The SMILES string of the molecule is COC(=O)[C@H](CC#C[Si](C)(C)C(C)(C)C)NC(=O)Cc1ccccc1. The molecule has 0 heterocycles. The Morgan fingerprint density at radius 2 is 1.80 bits per heavy atom. The number of hydrogen-bond donors (Lipinski definition) is 1. The summed E-state index contributed by atoms with van der Waals surface area (Å²) in [4.78, 5) is 24.2. The Balaban J connectivity index is 2.76. The van der Waals surface area contributed by atoms with Gasteiger partial charge in [-0.25, -0.2) is 4.79 Å². The van der Waals surface area contributed by atoms with Gasteiger partial charge in [0, 0.05) is 6.42 Å². The third kappa shape index (κ3) is 6.75. The highest BCUT2D eigenvalue weighted by atomic mass is 28.3. The van der Waals surface area contributed by atoms with Crippen LogP contribution in [0.15, 0.2) is 30.3 Å². The smallest absolute Gasteiger partial charge is 0.329 e. The fraction of sp³-hybridized carbons (Fsp3) is 0.500. The van der Waals surface area contributed by atoms with E-state index in [0.29, 0.717) is 0 Å². The summed E-state index contributed by atoms with van der Waals surface area (Å²) in [6, 6.07) is 8.68. The van der Waals surface area contributed by atoms with Crippen molar-refractivity contribution in [3.05, 3.63) is 35.9 Å². The predicted molar refractivity (Wildman–Crippen MR) is 104 cm³/mol. The fourth-order valence-corrected chi connectivity index (χ4v) is 2.84. The summed E-state index contributed by atoms with van der Waals surface area (Å²) < 4.78 is 4.80. The maximum atomic E-state index is 12.2. The van der Waals surface area contributed by atoms with Crippen molar-refractivity contribution >= 4 is 20.0 Å². The summed E-state index contributed by atoms with van der Waals surface area (Å²) in [7, 11) is -0.424. The molecule has 0 bridgehead atoms. The fourth-order valence-electron chi connectivity index (χ4n) is 1.92. The van der Waals surface area contributed by atoms with Crippen LogP contribution in [0.5, 0.6) is 0 Å². The van der Waals surface area contributed by atoms with Crippen LogP contribution in [0.25, 0.3) is 0 Å². The van der Waals surface area contributed by atoms with Crippen LogP contribution in [0.1, 0.15) is 32.8 Å². The molecule has 25 heavy (non-hydrogen) atoms. The van der Waals surface area contributed by atoms with E-state index in [4.69, 9.17) is 4.74 Å². The number of esters is 1. The third-order valence-electron chi connectivity index (χ3n) is 4.61. The van der Waals surface area contributed by atoms with Crippen LogP contribution < -0.4 is 5.32 Å². The Morgan fingerprint density at radius 3 is 2.32 bits per heavy atom. The van der Waals surface area contributed by atoms with Gasteiger partial charge in [0.2, 0.25) is 5.91 Å². The van der Waals surface area contributed by atoms with E-state index < -0.39 is 20.1 Å². The molecule has 0 unspecified atom stereocenters. The highest BCUT2D eigenvalue weighted by Crippen LogP contribution is 2.35. The molecule has 0 aromatic heterocycles. The van der Waals surface area contributed by atoms with E-state index in [1.54, 1.807) is 0 Å². The molecule has 0 saturated carbocycles. The summed E-state index contributed by atoms with van der Waals surface area (Å²) in [6.07, 6.45) is 0.490. The number of carbonyl (C=O) groups is 2. The molecule has 1 N–H and O–H groups in total. The van der Waals surface area contributed by atoms with Gasteiger partial charge in [-0.05, 0) is 10.6 Å². The van der Waals surface area contributed by atoms with Crippen LogP contribution in [0.3, 0.4) is 0 Å². The predicted octanol–water partition coefficient (Wildman–Crippen LogP) is 3.33. The molecule has 0 aliphatic rings. The third-order valence-corrected chi connectivity index (χ3v) is 9.16. The van der Waals surface area contributed by atoms with Crippen LogP contribution in [-0.2, 0) is 20.7 Å². The van der Waals surface area contributed by atoms with Gasteiger partial charge in [-0.3, -0.25) is 4.79 Å². The molecule has 1 atom stereocenters. The average Bonchev–Trinajstić information content (AvgIpc) is 2.52. The van der Waals surface area contributed by atoms with Crippen molar-refractivity contribution in [3.8, 4) is 11.5 Å². The Morgan fingerprint density at radius 1 is 1.20 bits per heavy atom. The molecule has 0 radical (unpaired) electrons. The zero-order valence-corrected chi connectivity index (χ0v) is 17.1. The molecule has 4 nitrogen and oxygen atoms in total. The molecule has 0 aliphatic carbocycles. The molecule has 0 fully saturated rings. The topological polar surface area (TPSA) is 55.4 Å². The molecular weight excluding hydrogens is 330 g/mol. The van der Waals surface area contributed by atoms with Crippen molar-refractivity contribution < 1.29 is 14.3 Å². The summed E-state index contributed by atoms with van der Waals surface area (Å²) >= 11 is 0. The zero-order valence-electron chi connectivity index (χ0n) is 16.1. The normalized spacial score (nSPS) is 12.6. The number of methoxy groups -OCH3 is 1. The molecule has 0 saturated heterocycles. The number of benzene rings is 1. The van der Waals surface area contributed by atoms with Crippen molar-refractivity contribution in [1.82, 2.24) is 5.32 Å². The molecule has 1 rings (SSSR count). The molecule has 0 spiro atoms. The minimum atomic E-state index is -1.74. The largest absolute Gasteiger partial charge is 0.467 e. The second-order valence-electron chi connectivity index (χ2n) is 7.69. The standard InChI is InChI=1S/C20H29NO3Si/c1-20(2,3)25(5,6)14-10-13-17(19(23)24-4)21-18(22)15-16-11-8-7-9-12-16/h7-9,11-12,17H,13,15H2,1-6H3,(H,21,22)/t17-/m0/s1. The molecular formula is C20H29NO3Si. The first-order valence-electron chi connectivity index (χ1n) is 8.48. The van der Waals surface area contributed by atoms with Crippen molar-refractivity contribution in [1.29, 1.82) is 0 Å². The minimum Gasteiger partial charge on any atom is -0.467 e. The van der Waals surface area contributed by atoms with Crippen molar-refractivity contribution in [2.45, 2.75) is 57.8 Å². The Hall–Kier alpha value is -2.06. The van der Waals surface area contributed by atoms with Crippen LogP contribution in [-0.4, -0.2) is 33.1 Å². The van der Waals surface area contributed by atoms with Gasteiger partial charge in [-0.1, -0.05) is 64.2 Å². The highest BCUT2D eigenvalue weighted by molar-refractivity contribution is 6.87. The number of rotatable bonds is 5. The molecule has 1 aromatic carbocycles. The first-order chi connectivity index (χ1) is 11.6. The summed E-state index contributed by atoms with van der Waals surface area (Å²) in [6.45, 7) is 11.0. The van der Waals surface area contributed by atoms with Crippen molar-refractivity contribution in [2.24, 2.45) is 0 Å². The van der Waals surface area contributed by atoms with E-state index in [2.05, 4.69) is 50.6 Å². The van der Waals surface area contributed by atoms with Crippen molar-refractivity contribution in [2.75, 3.05) is 7.11 Å². The van der Waals surface area contributed by atoms with Gasteiger partial charge in [0.1, 0.15) is 14.1 Å². The van der Waals surface area contributed by atoms with E-state index in [1.165, 1.54) is 7.11 Å². The average molecular weight is 360 g/mol. The summed E-state index contributed by atoms with van der Waals surface area (Å²) in [5.41, 5.74) is 4.26. The molecule has 1 aromatic rings. The van der Waals surface area contributed by atoms with Crippen LogP contribution in [0.4, 0.5) is 0 Å². The maximum absolute atomic E-state index is 12.2. The number of carbonyl (C=O) groups excluding carboxylic acids is 2. The van der Waals surface area contributed by atoms with E-state index in [-0.39, 0.29) is 23.8 Å². The number of nitrogens with one attached hydrogen (secondary N) is 1. The molecule has 136 valence electrons. The van der Waals surface area contributed by atoms with Gasteiger partial charge in [-0.15, -0.1) is 11.5 Å². The Kier molecular flexibility index (Phi) is 7.44. The first-order valence-corrected chi connectivity index (χ1v) is 11.5. The molecule has 1 amide bonds. The number of hydrogen-bond acceptors (Lipinski definition) is 3. The number of amides is 1. The quantitative estimate of drug-likeness (QED) is 0.498. The number of ether oxygens (including phenoxy) is 1. The van der Waals surface area contributed by atoms with E-state index in [1.807, 2.05) is 30.3 Å². The lowest BCUT2D eigenvalue weighted by Crippen LogP contribution is -2.42. The highest BCUT2D eigenvalue weighted by Gasteiger charge is 2.33. The molecule has 5 heteroatoms.